The molecule has 0 spiro atoms. The first-order chi connectivity index (χ1) is 9.74. The third-order valence-electron chi connectivity index (χ3n) is 3.04. The van der Waals surface area contributed by atoms with Crippen molar-refractivity contribution >= 4 is 0 Å². The van der Waals surface area contributed by atoms with Gasteiger partial charge in [-0.15, -0.1) is 0 Å². The minimum absolute atomic E-state index is 0.0940. The zero-order chi connectivity index (χ0) is 14.4. The molecule has 0 aromatic carbocycles. The average Bonchev–Trinajstić information content (AvgIpc) is 2.87. The van der Waals surface area contributed by atoms with Crippen molar-refractivity contribution in [3.8, 4) is 5.75 Å². The molecule has 5 heteroatoms. The summed E-state index contributed by atoms with van der Waals surface area (Å²) in [4.78, 5) is 4.27. The molecule has 0 saturated carbocycles. The molecular weight excluding hydrogens is 252 g/mol. The maximum Gasteiger partial charge on any atom is 0.137 e. The number of rotatable bonds is 7. The fraction of sp³-hybridized carbons (Fsp3) is 0.467. The van der Waals surface area contributed by atoms with Gasteiger partial charge in [0.25, 0.3) is 0 Å². The number of aryl methyl sites for hydroxylation is 1. The van der Waals surface area contributed by atoms with E-state index in [0.29, 0.717) is 6.61 Å². The highest BCUT2D eigenvalue weighted by molar-refractivity contribution is 5.32. The van der Waals surface area contributed by atoms with Gasteiger partial charge < -0.3 is 10.1 Å². The van der Waals surface area contributed by atoms with Crippen molar-refractivity contribution in [2.24, 2.45) is 7.05 Å². The number of aromatic nitrogens is 3. The molecule has 1 N–H and O–H groups in total. The van der Waals surface area contributed by atoms with E-state index in [2.05, 4.69) is 22.3 Å². The van der Waals surface area contributed by atoms with Crippen molar-refractivity contribution in [1.29, 1.82) is 0 Å². The first-order valence-electron chi connectivity index (χ1n) is 7.04. The number of nitrogens with zero attached hydrogens (tertiary/aromatic N) is 3. The Hall–Kier alpha value is -1.88. The van der Waals surface area contributed by atoms with Crippen LogP contribution in [0.5, 0.6) is 5.75 Å². The number of hydrogen-bond acceptors (Lipinski definition) is 4. The van der Waals surface area contributed by atoms with Crippen LogP contribution in [-0.2, 0) is 7.05 Å². The first kappa shape index (κ1) is 14.5. The molecule has 0 saturated heterocycles. The molecule has 0 aliphatic rings. The largest absolute Gasteiger partial charge is 0.492 e. The Balaban J connectivity index is 2.28. The number of pyridine rings is 1. The van der Waals surface area contributed by atoms with Crippen molar-refractivity contribution in [3.05, 3.63) is 42.0 Å². The molecule has 0 fully saturated rings. The van der Waals surface area contributed by atoms with Gasteiger partial charge >= 0.3 is 0 Å². The maximum atomic E-state index is 5.53. The molecular formula is C15H22N4O. The van der Waals surface area contributed by atoms with Gasteiger partial charge in [-0.2, -0.15) is 5.10 Å². The second kappa shape index (κ2) is 7.05. The Morgan fingerprint density at radius 3 is 2.75 bits per heavy atom. The third-order valence-corrected chi connectivity index (χ3v) is 3.04. The lowest BCUT2D eigenvalue weighted by atomic mass is 10.0. The minimum Gasteiger partial charge on any atom is -0.492 e. The fourth-order valence-corrected chi connectivity index (χ4v) is 2.15. The van der Waals surface area contributed by atoms with E-state index in [1.54, 1.807) is 6.20 Å². The van der Waals surface area contributed by atoms with Gasteiger partial charge in [-0.25, -0.2) is 0 Å². The summed E-state index contributed by atoms with van der Waals surface area (Å²) in [6.45, 7) is 5.71. The summed E-state index contributed by atoms with van der Waals surface area (Å²) in [5, 5.41) is 7.79. The molecule has 2 aromatic rings. The van der Waals surface area contributed by atoms with Crippen LogP contribution in [0.3, 0.4) is 0 Å². The van der Waals surface area contributed by atoms with E-state index in [9.17, 15) is 0 Å². The SMILES string of the molecule is CCCNC(c1cncc(OCC)c1)c1cnn(C)c1. The molecule has 2 aromatic heterocycles. The van der Waals surface area contributed by atoms with Crippen molar-refractivity contribution < 1.29 is 4.74 Å². The molecule has 1 atom stereocenters. The highest BCUT2D eigenvalue weighted by Gasteiger charge is 2.16. The summed E-state index contributed by atoms with van der Waals surface area (Å²) >= 11 is 0. The van der Waals surface area contributed by atoms with E-state index in [1.165, 1.54) is 0 Å². The zero-order valence-corrected chi connectivity index (χ0v) is 12.3. The van der Waals surface area contributed by atoms with E-state index in [0.717, 1.165) is 29.8 Å². The lowest BCUT2D eigenvalue weighted by Gasteiger charge is -2.18. The van der Waals surface area contributed by atoms with Crippen LogP contribution in [0, 0.1) is 0 Å². The maximum absolute atomic E-state index is 5.53. The van der Waals surface area contributed by atoms with Crippen LogP contribution >= 0.6 is 0 Å². The predicted molar refractivity (Wildman–Crippen MR) is 78.8 cm³/mol. The quantitative estimate of drug-likeness (QED) is 0.841. The summed E-state index contributed by atoms with van der Waals surface area (Å²) in [6.07, 6.45) is 8.62. The fourth-order valence-electron chi connectivity index (χ4n) is 2.15. The molecule has 20 heavy (non-hydrogen) atoms. The molecule has 108 valence electrons. The Bertz CT molecular complexity index is 538. The van der Waals surface area contributed by atoms with Crippen LogP contribution in [0.1, 0.15) is 37.4 Å². The minimum atomic E-state index is 0.0940. The molecule has 2 rings (SSSR count). The van der Waals surface area contributed by atoms with Gasteiger partial charge in [0.2, 0.25) is 0 Å². The molecule has 0 radical (unpaired) electrons. The van der Waals surface area contributed by atoms with Gasteiger partial charge in [-0.1, -0.05) is 6.92 Å². The third kappa shape index (κ3) is 3.57. The summed E-state index contributed by atoms with van der Waals surface area (Å²) in [5.74, 6) is 0.803. The second-order valence-electron chi connectivity index (χ2n) is 4.72. The van der Waals surface area contributed by atoms with E-state index in [1.807, 2.05) is 43.3 Å². The summed E-state index contributed by atoms with van der Waals surface area (Å²) in [6, 6.07) is 2.13. The highest BCUT2D eigenvalue weighted by atomic mass is 16.5. The normalized spacial score (nSPS) is 12.3. The van der Waals surface area contributed by atoms with E-state index in [-0.39, 0.29) is 6.04 Å². The van der Waals surface area contributed by atoms with Crippen LogP contribution in [0.4, 0.5) is 0 Å². The van der Waals surface area contributed by atoms with Crippen molar-refractivity contribution in [2.75, 3.05) is 13.2 Å². The van der Waals surface area contributed by atoms with Gasteiger partial charge in [0.15, 0.2) is 0 Å². The highest BCUT2D eigenvalue weighted by Crippen LogP contribution is 2.24. The monoisotopic (exact) mass is 274 g/mol. The smallest absolute Gasteiger partial charge is 0.137 e. The Morgan fingerprint density at radius 1 is 1.25 bits per heavy atom. The van der Waals surface area contributed by atoms with Crippen molar-refractivity contribution in [2.45, 2.75) is 26.3 Å². The van der Waals surface area contributed by atoms with Crippen molar-refractivity contribution in [1.82, 2.24) is 20.1 Å². The van der Waals surface area contributed by atoms with Crippen LogP contribution < -0.4 is 10.1 Å². The average molecular weight is 274 g/mol. The molecule has 5 nitrogen and oxygen atoms in total. The van der Waals surface area contributed by atoms with Gasteiger partial charge in [0.05, 0.1) is 25.0 Å². The van der Waals surface area contributed by atoms with Crippen molar-refractivity contribution in [3.63, 3.8) is 0 Å². The molecule has 0 bridgehead atoms. The molecule has 0 amide bonds. The lowest BCUT2D eigenvalue weighted by Crippen LogP contribution is -2.23. The number of ether oxygens (including phenoxy) is 1. The summed E-state index contributed by atoms with van der Waals surface area (Å²) < 4.78 is 7.35. The van der Waals surface area contributed by atoms with Crippen LogP contribution in [0.2, 0.25) is 0 Å². The lowest BCUT2D eigenvalue weighted by molar-refractivity contribution is 0.338. The summed E-state index contributed by atoms with van der Waals surface area (Å²) in [7, 11) is 1.93. The standard InChI is InChI=1S/C15H22N4O/c1-4-6-17-15(13-9-18-19(3)11-13)12-7-14(20-5-2)10-16-8-12/h7-11,15,17H,4-6H2,1-3H3. The molecule has 1 unspecified atom stereocenters. The predicted octanol–water partition coefficient (Wildman–Crippen LogP) is 2.30. The van der Waals surface area contributed by atoms with Gasteiger partial charge in [0.1, 0.15) is 5.75 Å². The second-order valence-corrected chi connectivity index (χ2v) is 4.72. The molecule has 2 heterocycles. The van der Waals surface area contributed by atoms with Gasteiger partial charge in [-0.3, -0.25) is 9.67 Å². The van der Waals surface area contributed by atoms with Crippen LogP contribution in [0.15, 0.2) is 30.9 Å². The number of hydrogen-bond donors (Lipinski definition) is 1. The van der Waals surface area contributed by atoms with Crippen LogP contribution in [-0.4, -0.2) is 27.9 Å². The number of nitrogens with one attached hydrogen (secondary N) is 1. The van der Waals surface area contributed by atoms with Gasteiger partial charge in [0, 0.05) is 25.0 Å². The van der Waals surface area contributed by atoms with E-state index >= 15 is 0 Å². The molecule has 0 aliphatic heterocycles. The van der Waals surface area contributed by atoms with E-state index < -0.39 is 0 Å². The Kier molecular flexibility index (Phi) is 5.12. The Morgan fingerprint density at radius 2 is 2.10 bits per heavy atom. The van der Waals surface area contributed by atoms with E-state index in [4.69, 9.17) is 4.74 Å². The summed E-state index contributed by atoms with van der Waals surface area (Å²) in [5.41, 5.74) is 2.23. The zero-order valence-electron chi connectivity index (χ0n) is 12.3. The molecule has 0 aliphatic carbocycles. The van der Waals surface area contributed by atoms with Gasteiger partial charge in [-0.05, 0) is 31.5 Å². The first-order valence-corrected chi connectivity index (χ1v) is 7.04. The topological polar surface area (TPSA) is 52.0 Å². The Labute approximate surface area is 120 Å². The van der Waals surface area contributed by atoms with Crippen LogP contribution in [0.25, 0.3) is 0 Å².